The van der Waals surface area contributed by atoms with E-state index in [1.165, 1.54) is 16.4 Å². The predicted octanol–water partition coefficient (Wildman–Crippen LogP) is 3.20. The summed E-state index contributed by atoms with van der Waals surface area (Å²) in [5.41, 5.74) is 0.656. The zero-order chi connectivity index (χ0) is 16.4. The van der Waals surface area contributed by atoms with E-state index in [1.54, 1.807) is 18.2 Å². The first-order valence-corrected chi connectivity index (χ1v) is 8.42. The summed E-state index contributed by atoms with van der Waals surface area (Å²) >= 11 is 13.4. The third kappa shape index (κ3) is 3.44. The Labute approximate surface area is 146 Å². The van der Waals surface area contributed by atoms with Crippen LogP contribution in [0.25, 0.3) is 11.4 Å². The molecule has 10 heteroatoms. The van der Waals surface area contributed by atoms with Gasteiger partial charge in [0.1, 0.15) is 0 Å². The van der Waals surface area contributed by atoms with E-state index in [4.69, 9.17) is 33.5 Å². The highest BCUT2D eigenvalue weighted by molar-refractivity contribution is 7.98. The van der Waals surface area contributed by atoms with Crippen molar-refractivity contribution >= 4 is 35.0 Å². The van der Waals surface area contributed by atoms with Crippen LogP contribution in [0, 0.1) is 0 Å². The van der Waals surface area contributed by atoms with Gasteiger partial charge in [0.15, 0.2) is 5.82 Å². The molecule has 3 aromatic rings. The van der Waals surface area contributed by atoms with Gasteiger partial charge in [-0.25, -0.2) is 4.68 Å². The van der Waals surface area contributed by atoms with Crippen molar-refractivity contribution < 1.29 is 4.42 Å². The highest BCUT2D eigenvalue weighted by Gasteiger charge is 2.16. The maximum atomic E-state index is 6.18. The fourth-order valence-electron chi connectivity index (χ4n) is 1.85. The summed E-state index contributed by atoms with van der Waals surface area (Å²) in [6, 6.07) is 5.09. The third-order valence-electron chi connectivity index (χ3n) is 2.97. The van der Waals surface area contributed by atoms with Crippen LogP contribution in [0.15, 0.2) is 27.8 Å². The van der Waals surface area contributed by atoms with Crippen LogP contribution < -0.4 is 5.84 Å². The Morgan fingerprint density at radius 1 is 1.17 bits per heavy atom. The van der Waals surface area contributed by atoms with Gasteiger partial charge in [0.05, 0.1) is 10.8 Å². The number of nitrogens with two attached hydrogens (primary N) is 1. The number of halogens is 2. The van der Waals surface area contributed by atoms with Gasteiger partial charge in [-0.15, -0.1) is 20.4 Å². The van der Waals surface area contributed by atoms with Gasteiger partial charge in [0.2, 0.25) is 16.9 Å². The second kappa shape index (κ2) is 6.77. The van der Waals surface area contributed by atoms with Gasteiger partial charge in [-0.2, -0.15) is 0 Å². The molecule has 7 nitrogen and oxygen atoms in total. The quantitative estimate of drug-likeness (QED) is 0.543. The maximum absolute atomic E-state index is 6.18. The van der Waals surface area contributed by atoms with Crippen LogP contribution in [0.4, 0.5) is 0 Å². The molecule has 0 unspecified atom stereocenters. The lowest BCUT2D eigenvalue weighted by Crippen LogP contribution is -2.11. The molecule has 0 saturated heterocycles. The van der Waals surface area contributed by atoms with Crippen LogP contribution in [-0.2, 0) is 12.2 Å². The average Bonchev–Trinajstić information content (AvgIpc) is 3.12. The molecule has 0 amide bonds. The largest absolute Gasteiger partial charge is 0.424 e. The fraction of sp³-hybridized carbons (Fsp3) is 0.231. The summed E-state index contributed by atoms with van der Waals surface area (Å²) in [4.78, 5) is 0. The number of rotatable bonds is 5. The van der Waals surface area contributed by atoms with Crippen molar-refractivity contribution in [2.24, 2.45) is 0 Å². The van der Waals surface area contributed by atoms with E-state index < -0.39 is 0 Å². The van der Waals surface area contributed by atoms with Crippen molar-refractivity contribution in [1.82, 2.24) is 25.1 Å². The molecule has 0 saturated carbocycles. The molecule has 1 aromatic carbocycles. The first kappa shape index (κ1) is 16.1. The Morgan fingerprint density at radius 2 is 1.96 bits per heavy atom. The standard InChI is InChI=1S/C13H12Cl2N6OS/c1-2-10-17-18-11(22-10)6-23-13-20-19-12(21(13)16)8-4-3-7(14)5-9(8)15/h3-5H,2,6,16H2,1H3. The summed E-state index contributed by atoms with van der Waals surface area (Å²) < 4.78 is 6.81. The van der Waals surface area contributed by atoms with E-state index in [1.807, 2.05) is 6.92 Å². The maximum Gasteiger partial charge on any atom is 0.226 e. The number of aromatic nitrogens is 5. The molecule has 2 N–H and O–H groups in total. The molecular weight excluding hydrogens is 359 g/mol. The van der Waals surface area contributed by atoms with E-state index in [0.717, 1.165) is 0 Å². The molecule has 0 aliphatic carbocycles. The Morgan fingerprint density at radius 3 is 2.65 bits per heavy atom. The number of nitrogens with zero attached hydrogens (tertiary/aromatic N) is 5. The SMILES string of the molecule is CCc1nnc(CSc2nnc(-c3ccc(Cl)cc3Cl)n2N)o1. The average molecular weight is 371 g/mol. The minimum Gasteiger partial charge on any atom is -0.424 e. The Balaban J connectivity index is 1.79. The van der Waals surface area contributed by atoms with Gasteiger partial charge >= 0.3 is 0 Å². The van der Waals surface area contributed by atoms with Gasteiger partial charge in [-0.1, -0.05) is 41.9 Å². The molecule has 120 valence electrons. The first-order valence-electron chi connectivity index (χ1n) is 6.68. The van der Waals surface area contributed by atoms with Crippen LogP contribution in [0.2, 0.25) is 10.0 Å². The second-order valence-corrected chi connectivity index (χ2v) is 6.32. The number of benzene rings is 1. The van der Waals surface area contributed by atoms with Crippen LogP contribution >= 0.6 is 35.0 Å². The molecule has 2 heterocycles. The highest BCUT2D eigenvalue weighted by Crippen LogP contribution is 2.30. The first-order chi connectivity index (χ1) is 11.1. The summed E-state index contributed by atoms with van der Waals surface area (Å²) in [6.45, 7) is 1.95. The molecule has 0 spiro atoms. The molecule has 3 rings (SSSR count). The van der Waals surface area contributed by atoms with Crippen LogP contribution in [-0.4, -0.2) is 25.1 Å². The molecule has 0 radical (unpaired) electrons. The minimum atomic E-state index is 0.453. The van der Waals surface area contributed by atoms with Gasteiger partial charge in [-0.3, -0.25) is 0 Å². The van der Waals surface area contributed by atoms with Gasteiger partial charge < -0.3 is 10.3 Å². The number of nitrogen functional groups attached to an aromatic ring is 1. The molecular formula is C13H12Cl2N6OS. The Hall–Kier alpha value is -1.77. The Bertz CT molecular complexity index is 834. The number of hydrogen-bond donors (Lipinski definition) is 1. The Kier molecular flexibility index (Phi) is 4.74. The summed E-state index contributed by atoms with van der Waals surface area (Å²) in [7, 11) is 0. The molecule has 0 bridgehead atoms. The third-order valence-corrected chi connectivity index (χ3v) is 4.45. The smallest absolute Gasteiger partial charge is 0.226 e. The monoisotopic (exact) mass is 370 g/mol. The lowest BCUT2D eigenvalue weighted by atomic mass is 10.2. The van der Waals surface area contributed by atoms with Crippen molar-refractivity contribution in [2.75, 3.05) is 5.84 Å². The van der Waals surface area contributed by atoms with Crippen molar-refractivity contribution in [3.63, 3.8) is 0 Å². The lowest BCUT2D eigenvalue weighted by Gasteiger charge is -2.05. The van der Waals surface area contributed by atoms with Gasteiger partial charge in [0.25, 0.3) is 0 Å². The highest BCUT2D eigenvalue weighted by atomic mass is 35.5. The molecule has 23 heavy (non-hydrogen) atoms. The van der Waals surface area contributed by atoms with Crippen molar-refractivity contribution in [3.8, 4) is 11.4 Å². The summed E-state index contributed by atoms with van der Waals surface area (Å²) in [5, 5.41) is 17.5. The summed E-state index contributed by atoms with van der Waals surface area (Å²) in [6.07, 6.45) is 0.698. The van der Waals surface area contributed by atoms with E-state index >= 15 is 0 Å². The molecule has 0 aliphatic heterocycles. The number of aryl methyl sites for hydroxylation is 1. The lowest BCUT2D eigenvalue weighted by molar-refractivity contribution is 0.469. The van der Waals surface area contributed by atoms with E-state index in [9.17, 15) is 0 Å². The van der Waals surface area contributed by atoms with E-state index in [0.29, 0.717) is 50.5 Å². The zero-order valence-electron chi connectivity index (χ0n) is 12.0. The second-order valence-electron chi connectivity index (χ2n) is 4.53. The topological polar surface area (TPSA) is 95.7 Å². The minimum absolute atomic E-state index is 0.453. The molecule has 0 atom stereocenters. The number of hydrogen-bond acceptors (Lipinski definition) is 7. The predicted molar refractivity (Wildman–Crippen MR) is 88.9 cm³/mol. The normalized spacial score (nSPS) is 11.1. The van der Waals surface area contributed by atoms with E-state index in [-0.39, 0.29) is 0 Å². The van der Waals surface area contributed by atoms with Crippen molar-refractivity contribution in [2.45, 2.75) is 24.3 Å². The zero-order valence-corrected chi connectivity index (χ0v) is 14.4. The van der Waals surface area contributed by atoms with Crippen molar-refractivity contribution in [3.05, 3.63) is 40.0 Å². The summed E-state index contributed by atoms with van der Waals surface area (Å²) in [5.74, 6) is 8.07. The molecule has 2 aromatic heterocycles. The van der Waals surface area contributed by atoms with E-state index in [2.05, 4.69) is 20.4 Å². The molecule has 0 fully saturated rings. The van der Waals surface area contributed by atoms with Crippen LogP contribution in [0.1, 0.15) is 18.7 Å². The van der Waals surface area contributed by atoms with Crippen molar-refractivity contribution in [1.29, 1.82) is 0 Å². The fourth-order valence-corrected chi connectivity index (χ4v) is 3.03. The van der Waals surface area contributed by atoms with Gasteiger partial charge in [-0.05, 0) is 18.2 Å². The number of thioether (sulfide) groups is 1. The van der Waals surface area contributed by atoms with Crippen LogP contribution in [0.5, 0.6) is 0 Å². The molecule has 0 aliphatic rings. The van der Waals surface area contributed by atoms with Gasteiger partial charge in [0, 0.05) is 17.0 Å². The van der Waals surface area contributed by atoms with Crippen LogP contribution in [0.3, 0.4) is 0 Å².